The van der Waals surface area contributed by atoms with Crippen molar-refractivity contribution < 1.29 is 0 Å². The third-order valence-corrected chi connectivity index (χ3v) is 21.7. The Hall–Kier alpha value is -0.241. The van der Waals surface area contributed by atoms with Crippen molar-refractivity contribution in [3.05, 3.63) is 45.6 Å². The standard InChI is InChI=1S/C10H11.3C4H9.Sn/c1-2-3-7-10-8-5-4-6-9-10;3*1-3-4-2;/h2,4-6,8-9H,7H2,1H3;3*1,3-4H2,2H3;. The van der Waals surface area contributed by atoms with Crippen LogP contribution in [0, 0.1) is 0 Å². The first-order valence-electron chi connectivity index (χ1n) is 9.92. The van der Waals surface area contributed by atoms with Crippen molar-refractivity contribution >= 4 is 18.4 Å². The Bertz CT molecular complexity index is 411. The van der Waals surface area contributed by atoms with Crippen molar-refractivity contribution in [2.75, 3.05) is 0 Å². The molecule has 130 valence electrons. The van der Waals surface area contributed by atoms with Crippen molar-refractivity contribution in [2.24, 2.45) is 0 Å². The zero-order valence-corrected chi connectivity index (χ0v) is 18.9. The van der Waals surface area contributed by atoms with E-state index in [4.69, 9.17) is 0 Å². The molecule has 1 rings (SSSR count). The van der Waals surface area contributed by atoms with E-state index in [0.29, 0.717) is 0 Å². The van der Waals surface area contributed by atoms with Gasteiger partial charge in [0.15, 0.2) is 0 Å². The van der Waals surface area contributed by atoms with E-state index in [1.54, 1.807) is 13.3 Å². The van der Waals surface area contributed by atoms with Gasteiger partial charge < -0.3 is 0 Å². The van der Waals surface area contributed by atoms with Gasteiger partial charge in [0, 0.05) is 0 Å². The minimum atomic E-state index is -2.20. The van der Waals surface area contributed by atoms with Crippen molar-refractivity contribution in [3.63, 3.8) is 0 Å². The monoisotopic (exact) mass is 422 g/mol. The number of rotatable bonds is 12. The quantitative estimate of drug-likeness (QED) is 0.306. The van der Waals surface area contributed by atoms with Crippen molar-refractivity contribution in [3.8, 4) is 0 Å². The Morgan fingerprint density at radius 3 is 1.70 bits per heavy atom. The predicted molar refractivity (Wildman–Crippen MR) is 109 cm³/mol. The van der Waals surface area contributed by atoms with Gasteiger partial charge in [0.25, 0.3) is 0 Å². The number of hydrogen-bond acceptors (Lipinski definition) is 0. The molecule has 0 radical (unpaired) electrons. The second-order valence-corrected chi connectivity index (χ2v) is 20.5. The summed E-state index contributed by atoms with van der Waals surface area (Å²) in [7, 11) is 0. The fourth-order valence-corrected chi connectivity index (χ4v) is 20.9. The Morgan fingerprint density at radius 2 is 1.30 bits per heavy atom. The molecule has 0 aromatic heterocycles. The molecule has 0 aliphatic heterocycles. The zero-order valence-electron chi connectivity index (χ0n) is 16.0. The molecule has 0 bridgehead atoms. The van der Waals surface area contributed by atoms with E-state index in [1.165, 1.54) is 50.5 Å². The summed E-state index contributed by atoms with van der Waals surface area (Å²) in [5.74, 6) is 0. The Balaban J connectivity index is 3.03. The minimum absolute atomic E-state index is 1.23. The summed E-state index contributed by atoms with van der Waals surface area (Å²) in [5.41, 5.74) is 1.52. The van der Waals surface area contributed by atoms with Gasteiger partial charge in [0.1, 0.15) is 0 Å². The summed E-state index contributed by atoms with van der Waals surface area (Å²) in [6, 6.07) is 11.2. The number of allylic oxidation sites excluding steroid dienone is 2. The second kappa shape index (κ2) is 12.2. The second-order valence-electron chi connectivity index (χ2n) is 7.07. The fourth-order valence-electron chi connectivity index (χ4n) is 3.81. The maximum absolute atomic E-state index is 2.53. The Labute approximate surface area is 149 Å². The van der Waals surface area contributed by atoms with Gasteiger partial charge >= 0.3 is 150 Å². The normalized spacial score (nSPS) is 12.6. The Kier molecular flexibility index (Phi) is 11.0. The molecule has 0 aliphatic carbocycles. The van der Waals surface area contributed by atoms with Gasteiger partial charge in [-0.1, -0.05) is 0 Å². The molecule has 23 heavy (non-hydrogen) atoms. The third kappa shape index (κ3) is 7.03. The first kappa shape index (κ1) is 20.8. The van der Waals surface area contributed by atoms with Crippen LogP contribution in [0.15, 0.2) is 40.0 Å². The van der Waals surface area contributed by atoms with Crippen LogP contribution >= 0.6 is 0 Å². The Morgan fingerprint density at radius 1 is 0.826 bits per heavy atom. The van der Waals surface area contributed by atoms with Crippen LogP contribution < -0.4 is 0 Å². The van der Waals surface area contributed by atoms with E-state index >= 15 is 0 Å². The molecule has 0 saturated heterocycles. The van der Waals surface area contributed by atoms with Crippen LogP contribution in [0.2, 0.25) is 13.3 Å². The molecule has 0 N–H and O–H groups in total. The summed E-state index contributed by atoms with van der Waals surface area (Å²) in [6.45, 7) is 9.40. The molecule has 0 heterocycles. The van der Waals surface area contributed by atoms with Crippen LogP contribution in [0.3, 0.4) is 0 Å². The molecule has 0 fully saturated rings. The van der Waals surface area contributed by atoms with E-state index in [1.807, 2.05) is 3.59 Å². The topological polar surface area (TPSA) is 0 Å². The molecule has 1 heteroatoms. The predicted octanol–water partition coefficient (Wildman–Crippen LogP) is 7.56. The molecule has 0 atom stereocenters. The number of unbranched alkanes of at least 4 members (excludes halogenated alkanes) is 3. The molecule has 1 aromatic carbocycles. The molecule has 0 nitrogen and oxygen atoms in total. The first-order valence-corrected chi connectivity index (χ1v) is 17.4. The molecule has 0 amide bonds. The molecule has 0 spiro atoms. The van der Waals surface area contributed by atoms with Crippen molar-refractivity contribution in [1.82, 2.24) is 0 Å². The molecule has 0 unspecified atom stereocenters. The van der Waals surface area contributed by atoms with Gasteiger partial charge in [-0.15, -0.1) is 0 Å². The van der Waals surface area contributed by atoms with E-state index in [0.717, 1.165) is 0 Å². The van der Waals surface area contributed by atoms with Crippen molar-refractivity contribution in [2.45, 2.75) is 86.0 Å². The van der Waals surface area contributed by atoms with Gasteiger partial charge in [-0.2, -0.15) is 0 Å². The third-order valence-electron chi connectivity index (χ3n) is 5.29. The molecule has 0 aliphatic rings. The summed E-state index contributed by atoms with van der Waals surface area (Å²) in [4.78, 5) is 0. The summed E-state index contributed by atoms with van der Waals surface area (Å²) < 4.78 is 6.65. The average molecular weight is 421 g/mol. The van der Waals surface area contributed by atoms with Gasteiger partial charge in [-0.05, 0) is 0 Å². The van der Waals surface area contributed by atoms with Gasteiger partial charge in [-0.3, -0.25) is 0 Å². The van der Waals surface area contributed by atoms with Crippen LogP contribution in [0.4, 0.5) is 0 Å². The van der Waals surface area contributed by atoms with Crippen LogP contribution in [0.25, 0.3) is 0 Å². The van der Waals surface area contributed by atoms with Gasteiger partial charge in [0.2, 0.25) is 0 Å². The van der Waals surface area contributed by atoms with E-state index in [9.17, 15) is 0 Å². The fraction of sp³-hybridized carbons (Fsp3) is 0.636. The van der Waals surface area contributed by atoms with Crippen LogP contribution in [0.1, 0.15) is 71.8 Å². The van der Waals surface area contributed by atoms with Crippen LogP contribution in [0.5, 0.6) is 0 Å². The summed E-state index contributed by atoms with van der Waals surface area (Å²) in [6.07, 6.45) is 12.2. The first-order chi connectivity index (χ1) is 11.2. The molecular weight excluding hydrogens is 383 g/mol. The van der Waals surface area contributed by atoms with E-state index in [2.05, 4.69) is 64.1 Å². The molecular formula is C22H38Sn. The van der Waals surface area contributed by atoms with E-state index < -0.39 is 18.4 Å². The maximum atomic E-state index is 2.53. The zero-order chi connectivity index (χ0) is 17.0. The van der Waals surface area contributed by atoms with Gasteiger partial charge in [0.05, 0.1) is 0 Å². The summed E-state index contributed by atoms with van der Waals surface area (Å²) >= 11 is -2.20. The van der Waals surface area contributed by atoms with Crippen LogP contribution in [-0.2, 0) is 6.42 Å². The van der Waals surface area contributed by atoms with Crippen LogP contribution in [-0.4, -0.2) is 18.4 Å². The SMILES string of the molecule is C/C=[C](\Cc1ccccc1)[Sn]([CH2]CCC)([CH2]CCC)[CH2]CCC. The van der Waals surface area contributed by atoms with Gasteiger partial charge in [-0.25, -0.2) is 0 Å². The average Bonchev–Trinajstić information content (AvgIpc) is 2.60. The van der Waals surface area contributed by atoms with E-state index in [-0.39, 0.29) is 0 Å². The number of hydrogen-bond donors (Lipinski definition) is 0. The number of benzene rings is 1. The molecule has 0 saturated carbocycles. The summed E-state index contributed by atoms with van der Waals surface area (Å²) in [5, 5.41) is 0. The molecule has 1 aromatic rings. The van der Waals surface area contributed by atoms with Crippen molar-refractivity contribution in [1.29, 1.82) is 0 Å².